The first kappa shape index (κ1) is 21.7. The van der Waals surface area contributed by atoms with Crippen LogP contribution in [0.1, 0.15) is 19.4 Å². The molecule has 2 aromatic carbocycles. The maximum absolute atomic E-state index is 12.7. The Bertz CT molecular complexity index is 1000. The smallest absolute Gasteiger partial charge is 0.347 e. The van der Waals surface area contributed by atoms with Crippen molar-refractivity contribution in [2.45, 2.75) is 20.0 Å². The summed E-state index contributed by atoms with van der Waals surface area (Å²) in [7, 11) is 0. The van der Waals surface area contributed by atoms with Gasteiger partial charge in [0.15, 0.2) is 11.9 Å². The van der Waals surface area contributed by atoms with E-state index in [0.29, 0.717) is 11.3 Å². The molecule has 1 heterocycles. The summed E-state index contributed by atoms with van der Waals surface area (Å²) >= 11 is 12.5. The van der Waals surface area contributed by atoms with Gasteiger partial charge in [0.2, 0.25) is 0 Å². The number of para-hydroxylation sites is 1. The van der Waals surface area contributed by atoms with Crippen LogP contribution in [0.3, 0.4) is 0 Å². The molecule has 2 aromatic rings. The first-order valence-electron chi connectivity index (χ1n) is 9.06. The number of nitrogens with zero attached hydrogens (tertiary/aromatic N) is 1. The zero-order valence-corrected chi connectivity index (χ0v) is 17.7. The lowest BCUT2D eigenvalue weighted by Gasteiger charge is -2.16. The lowest BCUT2D eigenvalue weighted by atomic mass is 10.1. The van der Waals surface area contributed by atoms with Gasteiger partial charge in [0, 0.05) is 0 Å². The van der Waals surface area contributed by atoms with Crippen molar-refractivity contribution in [3.8, 4) is 5.75 Å². The monoisotopic (exact) mass is 448 g/mol. The van der Waals surface area contributed by atoms with Crippen LogP contribution in [0.2, 0.25) is 10.0 Å². The molecule has 156 valence electrons. The molecular formula is C21H18Cl2N2O5. The maximum Gasteiger partial charge on any atom is 0.347 e. The topological polar surface area (TPSA) is 84.9 Å². The van der Waals surface area contributed by atoms with Gasteiger partial charge in [-0.3, -0.25) is 15.0 Å². The van der Waals surface area contributed by atoms with E-state index in [1.165, 1.54) is 25.1 Å². The second-order valence-electron chi connectivity index (χ2n) is 6.30. The van der Waals surface area contributed by atoms with E-state index < -0.39 is 23.9 Å². The van der Waals surface area contributed by atoms with Gasteiger partial charge in [-0.1, -0.05) is 41.4 Å². The zero-order chi connectivity index (χ0) is 21.8. The number of hydrogen-bond donors (Lipinski definition) is 1. The molecule has 1 aliphatic heterocycles. The fourth-order valence-electron chi connectivity index (χ4n) is 2.74. The van der Waals surface area contributed by atoms with Crippen LogP contribution in [0.25, 0.3) is 6.08 Å². The average Bonchev–Trinajstić information content (AvgIpc) is 2.99. The highest BCUT2D eigenvalue weighted by atomic mass is 35.5. The number of nitrogens with one attached hydrogen (secondary N) is 1. The molecule has 1 atom stereocenters. The van der Waals surface area contributed by atoms with Crippen molar-refractivity contribution in [3.63, 3.8) is 0 Å². The lowest BCUT2D eigenvalue weighted by molar-refractivity contribution is -0.150. The molecule has 0 saturated carbocycles. The van der Waals surface area contributed by atoms with E-state index in [1.807, 2.05) is 0 Å². The SMILES string of the molecule is CCOC(=O)[C@@H](C)Oc1c(Cl)cc(/C=C2/C(=O)NN(c3ccccc3)C2=O)cc1Cl. The molecule has 2 amide bonds. The number of anilines is 1. The summed E-state index contributed by atoms with van der Waals surface area (Å²) in [4.78, 5) is 36.7. The van der Waals surface area contributed by atoms with Gasteiger partial charge in [0.1, 0.15) is 5.57 Å². The number of ether oxygens (including phenoxy) is 2. The Balaban J connectivity index is 1.85. The van der Waals surface area contributed by atoms with Gasteiger partial charge in [0.05, 0.1) is 22.3 Å². The highest BCUT2D eigenvalue weighted by Crippen LogP contribution is 2.36. The number of halogens is 2. The first-order valence-corrected chi connectivity index (χ1v) is 9.82. The van der Waals surface area contributed by atoms with Crippen molar-refractivity contribution >= 4 is 52.7 Å². The third-order valence-electron chi connectivity index (χ3n) is 4.15. The molecule has 1 N–H and O–H groups in total. The average molecular weight is 449 g/mol. The van der Waals surface area contributed by atoms with Crippen LogP contribution in [0.15, 0.2) is 48.0 Å². The van der Waals surface area contributed by atoms with Gasteiger partial charge < -0.3 is 9.47 Å². The third kappa shape index (κ3) is 4.58. The largest absolute Gasteiger partial charge is 0.476 e. The molecular weight excluding hydrogens is 431 g/mol. The Morgan fingerprint density at radius 2 is 1.80 bits per heavy atom. The molecule has 0 bridgehead atoms. The predicted molar refractivity (Wildman–Crippen MR) is 113 cm³/mol. The summed E-state index contributed by atoms with van der Waals surface area (Å²) < 4.78 is 10.4. The number of carbonyl (C=O) groups excluding carboxylic acids is 3. The van der Waals surface area contributed by atoms with Crippen molar-refractivity contribution in [3.05, 3.63) is 63.6 Å². The molecule has 9 heteroatoms. The number of carbonyl (C=O) groups is 3. The summed E-state index contributed by atoms with van der Waals surface area (Å²) in [5.74, 6) is -1.50. The third-order valence-corrected chi connectivity index (χ3v) is 4.71. The fourth-order valence-corrected chi connectivity index (χ4v) is 3.34. The second kappa shape index (κ2) is 9.19. The van der Waals surface area contributed by atoms with E-state index in [1.54, 1.807) is 37.3 Å². The van der Waals surface area contributed by atoms with Gasteiger partial charge in [-0.15, -0.1) is 0 Å². The molecule has 0 aromatic heterocycles. The Labute approximate surface area is 183 Å². The van der Waals surface area contributed by atoms with Crippen LogP contribution in [0, 0.1) is 0 Å². The van der Waals surface area contributed by atoms with Gasteiger partial charge >= 0.3 is 5.97 Å². The Morgan fingerprint density at radius 1 is 1.17 bits per heavy atom. The van der Waals surface area contributed by atoms with Crippen LogP contribution in [-0.4, -0.2) is 30.5 Å². The molecule has 1 saturated heterocycles. The first-order chi connectivity index (χ1) is 14.3. The fraction of sp³-hybridized carbons (Fsp3) is 0.190. The number of hydrogen-bond acceptors (Lipinski definition) is 5. The molecule has 0 aliphatic carbocycles. The quantitative estimate of drug-likeness (QED) is 0.412. The van der Waals surface area contributed by atoms with E-state index in [-0.39, 0.29) is 28.0 Å². The molecule has 0 spiro atoms. The Kier molecular flexibility index (Phi) is 6.64. The molecule has 0 unspecified atom stereocenters. The van der Waals surface area contributed by atoms with Crippen LogP contribution >= 0.6 is 23.2 Å². The molecule has 0 radical (unpaired) electrons. The predicted octanol–water partition coefficient (Wildman–Crippen LogP) is 3.79. The van der Waals surface area contributed by atoms with Crippen LogP contribution in [0.5, 0.6) is 5.75 Å². The minimum atomic E-state index is -0.911. The van der Waals surface area contributed by atoms with Crippen LogP contribution in [0.4, 0.5) is 5.69 Å². The van der Waals surface area contributed by atoms with Crippen molar-refractivity contribution < 1.29 is 23.9 Å². The number of rotatable bonds is 6. The van der Waals surface area contributed by atoms with Crippen molar-refractivity contribution in [1.82, 2.24) is 5.43 Å². The number of amides is 2. The summed E-state index contributed by atoms with van der Waals surface area (Å²) in [5.41, 5.74) is 3.41. The zero-order valence-electron chi connectivity index (χ0n) is 16.1. The van der Waals surface area contributed by atoms with Crippen molar-refractivity contribution in [2.75, 3.05) is 11.6 Å². The number of hydrazine groups is 1. The van der Waals surface area contributed by atoms with Crippen molar-refractivity contribution in [1.29, 1.82) is 0 Å². The minimum absolute atomic E-state index is 0.0699. The summed E-state index contributed by atoms with van der Waals surface area (Å²) in [5, 5.41) is 1.41. The normalized spacial score (nSPS) is 15.9. The molecule has 7 nitrogen and oxygen atoms in total. The summed E-state index contributed by atoms with van der Waals surface area (Å²) in [6, 6.07) is 11.7. The van der Waals surface area contributed by atoms with E-state index in [4.69, 9.17) is 32.7 Å². The summed E-state index contributed by atoms with van der Waals surface area (Å²) in [6.45, 7) is 3.42. The van der Waals surface area contributed by atoms with Crippen LogP contribution in [-0.2, 0) is 19.1 Å². The van der Waals surface area contributed by atoms with Crippen LogP contribution < -0.4 is 15.2 Å². The van der Waals surface area contributed by atoms with E-state index >= 15 is 0 Å². The summed E-state index contributed by atoms with van der Waals surface area (Å²) in [6.07, 6.45) is 0.475. The van der Waals surface area contributed by atoms with Gasteiger partial charge in [-0.2, -0.15) is 0 Å². The number of esters is 1. The molecule has 3 rings (SSSR count). The minimum Gasteiger partial charge on any atom is -0.476 e. The van der Waals surface area contributed by atoms with E-state index in [9.17, 15) is 14.4 Å². The van der Waals surface area contributed by atoms with E-state index in [0.717, 1.165) is 5.01 Å². The Hall–Kier alpha value is -3.03. The lowest BCUT2D eigenvalue weighted by Crippen LogP contribution is -2.35. The highest BCUT2D eigenvalue weighted by molar-refractivity contribution is 6.37. The standard InChI is InChI=1S/C21H18Cl2N2O5/c1-3-29-21(28)12(2)30-18-16(22)10-13(11-17(18)23)9-15-19(26)24-25(20(15)27)14-7-5-4-6-8-14/h4-12H,3H2,1-2H3,(H,24,26)/b15-9-/t12-/m1/s1. The van der Waals surface area contributed by atoms with E-state index in [2.05, 4.69) is 5.43 Å². The maximum atomic E-state index is 12.7. The Morgan fingerprint density at radius 3 is 2.40 bits per heavy atom. The van der Waals surface area contributed by atoms with Crippen molar-refractivity contribution in [2.24, 2.45) is 0 Å². The molecule has 1 aliphatic rings. The molecule has 1 fully saturated rings. The van der Waals surface area contributed by atoms with Gasteiger partial charge in [-0.25, -0.2) is 9.80 Å². The number of benzene rings is 2. The van der Waals surface area contributed by atoms with Gasteiger partial charge in [0.25, 0.3) is 11.8 Å². The second-order valence-corrected chi connectivity index (χ2v) is 7.12. The highest BCUT2D eigenvalue weighted by Gasteiger charge is 2.34. The van der Waals surface area contributed by atoms with Gasteiger partial charge in [-0.05, 0) is 49.8 Å². The molecule has 30 heavy (non-hydrogen) atoms.